The molecular weight excluding hydrogens is 363 g/mol. The summed E-state index contributed by atoms with van der Waals surface area (Å²) < 4.78 is 56.4. The zero-order valence-electron chi connectivity index (χ0n) is 16.2. The van der Waals surface area contributed by atoms with Gasteiger partial charge in [0.15, 0.2) is 5.79 Å². The van der Waals surface area contributed by atoms with Gasteiger partial charge in [0.25, 0.3) is 0 Å². The molecule has 1 fully saturated rings. The van der Waals surface area contributed by atoms with Gasteiger partial charge in [-0.3, -0.25) is 4.79 Å². The maximum Gasteiger partial charge on any atom is 0.420 e. The van der Waals surface area contributed by atoms with Crippen molar-refractivity contribution < 1.29 is 32.2 Å². The summed E-state index contributed by atoms with van der Waals surface area (Å²) in [7, 11) is 0. The van der Waals surface area contributed by atoms with Gasteiger partial charge in [-0.05, 0) is 44.9 Å². The van der Waals surface area contributed by atoms with Crippen molar-refractivity contribution in [2.45, 2.75) is 46.6 Å². The highest BCUT2D eigenvalue weighted by molar-refractivity contribution is 5.95. The number of carbonyl (C=O) groups excluding carboxylic acids is 1. The van der Waals surface area contributed by atoms with Crippen LogP contribution in [0.2, 0.25) is 0 Å². The standard InChI is InChI=1S/C19H26F3NO4/c1-12(2)9-25-15-7-6-13(8-14(15)19(20,21)22)23-16(24)18(5)10-26-17(3,4)27-11-18/h6-8,12H,9-11H2,1-5H3,(H,23,24). The molecule has 0 unspecified atom stereocenters. The fourth-order valence-electron chi connectivity index (χ4n) is 2.37. The van der Waals surface area contributed by atoms with Crippen molar-refractivity contribution in [3.05, 3.63) is 23.8 Å². The number of hydrogen-bond donors (Lipinski definition) is 1. The minimum atomic E-state index is -4.60. The van der Waals surface area contributed by atoms with Gasteiger partial charge in [-0.15, -0.1) is 0 Å². The molecule has 1 amide bonds. The molecule has 0 saturated carbocycles. The van der Waals surface area contributed by atoms with Crippen molar-refractivity contribution in [1.29, 1.82) is 0 Å². The average molecular weight is 389 g/mol. The van der Waals surface area contributed by atoms with E-state index in [1.54, 1.807) is 20.8 Å². The van der Waals surface area contributed by atoms with Gasteiger partial charge in [-0.2, -0.15) is 13.2 Å². The van der Waals surface area contributed by atoms with E-state index in [1.165, 1.54) is 12.1 Å². The number of halogens is 3. The van der Waals surface area contributed by atoms with Gasteiger partial charge in [0.2, 0.25) is 5.91 Å². The highest BCUT2D eigenvalue weighted by Gasteiger charge is 2.42. The molecule has 0 spiro atoms. The summed E-state index contributed by atoms with van der Waals surface area (Å²) in [5, 5.41) is 2.53. The molecule has 0 bridgehead atoms. The quantitative estimate of drug-likeness (QED) is 0.807. The lowest BCUT2D eigenvalue weighted by atomic mass is 9.90. The second kappa shape index (κ2) is 7.67. The molecule has 1 aromatic carbocycles. The first-order valence-corrected chi connectivity index (χ1v) is 8.76. The van der Waals surface area contributed by atoms with Crippen LogP contribution < -0.4 is 10.1 Å². The number of benzene rings is 1. The number of carbonyl (C=O) groups is 1. The van der Waals surface area contributed by atoms with Crippen molar-refractivity contribution in [1.82, 2.24) is 0 Å². The molecule has 0 aliphatic carbocycles. The molecule has 0 atom stereocenters. The Bertz CT molecular complexity index is 676. The third-order valence-electron chi connectivity index (χ3n) is 4.14. The lowest BCUT2D eigenvalue weighted by Gasteiger charge is -2.40. The van der Waals surface area contributed by atoms with Crippen molar-refractivity contribution in [3.63, 3.8) is 0 Å². The fraction of sp³-hybridized carbons (Fsp3) is 0.632. The molecule has 1 heterocycles. The first-order valence-electron chi connectivity index (χ1n) is 8.76. The zero-order valence-corrected chi connectivity index (χ0v) is 16.2. The lowest BCUT2D eigenvalue weighted by molar-refractivity contribution is -0.276. The summed E-state index contributed by atoms with van der Waals surface area (Å²) in [6.45, 7) is 9.17. The SMILES string of the molecule is CC(C)COc1ccc(NC(=O)C2(C)COC(C)(C)OC2)cc1C(F)(F)F. The number of nitrogens with one attached hydrogen (secondary N) is 1. The third kappa shape index (κ3) is 5.59. The van der Waals surface area contributed by atoms with Gasteiger partial charge in [-0.1, -0.05) is 13.8 Å². The van der Waals surface area contributed by atoms with Crippen molar-refractivity contribution in [2.24, 2.45) is 11.3 Å². The van der Waals surface area contributed by atoms with Crippen LogP contribution in [0.1, 0.15) is 40.2 Å². The lowest BCUT2D eigenvalue weighted by Crippen LogP contribution is -2.50. The van der Waals surface area contributed by atoms with Gasteiger partial charge in [-0.25, -0.2) is 0 Å². The highest BCUT2D eigenvalue weighted by atomic mass is 19.4. The summed E-state index contributed by atoms with van der Waals surface area (Å²) in [6, 6.07) is 3.49. The van der Waals surface area contributed by atoms with E-state index in [9.17, 15) is 18.0 Å². The molecule has 2 rings (SSSR count). The van der Waals surface area contributed by atoms with E-state index < -0.39 is 28.8 Å². The average Bonchev–Trinajstić information content (AvgIpc) is 2.55. The predicted octanol–water partition coefficient (Wildman–Crippen LogP) is 4.47. The van der Waals surface area contributed by atoms with Crippen LogP contribution in [0.5, 0.6) is 5.75 Å². The molecule has 0 radical (unpaired) electrons. The zero-order chi connectivity index (χ0) is 20.5. The Morgan fingerprint density at radius 1 is 1.22 bits per heavy atom. The van der Waals surface area contributed by atoms with Gasteiger partial charge >= 0.3 is 6.18 Å². The van der Waals surface area contributed by atoms with E-state index in [2.05, 4.69) is 5.32 Å². The number of amides is 1. The van der Waals surface area contributed by atoms with Crippen molar-refractivity contribution >= 4 is 11.6 Å². The number of alkyl halides is 3. The topological polar surface area (TPSA) is 56.8 Å². The summed E-state index contributed by atoms with van der Waals surface area (Å²) in [6.07, 6.45) is -4.60. The first kappa shape index (κ1) is 21.5. The molecule has 8 heteroatoms. The monoisotopic (exact) mass is 389 g/mol. The summed E-state index contributed by atoms with van der Waals surface area (Å²) in [5.74, 6) is -1.44. The van der Waals surface area contributed by atoms with Gasteiger partial charge < -0.3 is 19.5 Å². The van der Waals surface area contributed by atoms with Gasteiger partial charge in [0, 0.05) is 5.69 Å². The molecule has 5 nitrogen and oxygen atoms in total. The van der Waals surface area contributed by atoms with E-state index in [0.717, 1.165) is 6.07 Å². The van der Waals surface area contributed by atoms with Crippen LogP contribution in [0.25, 0.3) is 0 Å². The van der Waals surface area contributed by atoms with Crippen LogP contribution in [-0.2, 0) is 20.4 Å². The normalized spacial score (nSPS) is 19.0. The van der Waals surface area contributed by atoms with Crippen LogP contribution in [0.3, 0.4) is 0 Å². The second-order valence-corrected chi connectivity index (χ2v) is 7.91. The Labute approximate surface area is 157 Å². The Kier molecular flexibility index (Phi) is 6.11. The number of ether oxygens (including phenoxy) is 3. The molecular formula is C19H26F3NO4. The van der Waals surface area contributed by atoms with Crippen LogP contribution in [0.15, 0.2) is 18.2 Å². The van der Waals surface area contributed by atoms with Crippen LogP contribution >= 0.6 is 0 Å². The Morgan fingerprint density at radius 2 is 1.81 bits per heavy atom. The first-order chi connectivity index (χ1) is 12.3. The minimum absolute atomic E-state index is 0.0373. The molecule has 1 aliphatic heterocycles. The Balaban J connectivity index is 2.17. The molecule has 27 heavy (non-hydrogen) atoms. The fourth-order valence-corrected chi connectivity index (χ4v) is 2.37. The van der Waals surface area contributed by atoms with Crippen LogP contribution in [-0.4, -0.2) is 31.5 Å². The largest absolute Gasteiger partial charge is 0.493 e. The predicted molar refractivity (Wildman–Crippen MR) is 94.5 cm³/mol. The number of rotatable bonds is 5. The van der Waals surface area contributed by atoms with Crippen molar-refractivity contribution in [3.8, 4) is 5.75 Å². The van der Waals surface area contributed by atoms with Crippen LogP contribution in [0, 0.1) is 11.3 Å². The van der Waals surface area contributed by atoms with Crippen LogP contribution in [0.4, 0.5) is 18.9 Å². The Morgan fingerprint density at radius 3 is 2.33 bits per heavy atom. The molecule has 152 valence electrons. The summed E-state index contributed by atoms with van der Waals surface area (Å²) >= 11 is 0. The minimum Gasteiger partial charge on any atom is -0.493 e. The van der Waals surface area contributed by atoms with E-state index in [4.69, 9.17) is 14.2 Å². The van der Waals surface area contributed by atoms with Crippen molar-refractivity contribution in [2.75, 3.05) is 25.1 Å². The molecule has 1 N–H and O–H groups in total. The summed E-state index contributed by atoms with van der Waals surface area (Å²) in [4.78, 5) is 12.6. The van der Waals surface area contributed by atoms with Gasteiger partial charge in [0.1, 0.15) is 5.75 Å². The number of hydrogen-bond acceptors (Lipinski definition) is 4. The molecule has 1 aliphatic rings. The number of anilines is 1. The second-order valence-electron chi connectivity index (χ2n) is 7.91. The van der Waals surface area contributed by atoms with E-state index >= 15 is 0 Å². The smallest absolute Gasteiger partial charge is 0.420 e. The third-order valence-corrected chi connectivity index (χ3v) is 4.14. The van der Waals surface area contributed by atoms with Gasteiger partial charge in [0.05, 0.1) is 30.8 Å². The molecule has 1 aromatic rings. The molecule has 1 saturated heterocycles. The maximum absolute atomic E-state index is 13.4. The highest BCUT2D eigenvalue weighted by Crippen LogP contribution is 2.38. The Hall–Kier alpha value is -1.80. The summed E-state index contributed by atoms with van der Waals surface area (Å²) in [5.41, 5.74) is -1.89. The van der Waals surface area contributed by atoms with E-state index in [-0.39, 0.29) is 37.2 Å². The van der Waals surface area contributed by atoms with E-state index in [0.29, 0.717) is 0 Å². The maximum atomic E-state index is 13.4. The van der Waals surface area contributed by atoms with E-state index in [1.807, 2.05) is 13.8 Å². The molecule has 0 aromatic heterocycles.